The molecule has 0 aromatic rings. The standard InChI is InChI=1S/C13H22O2/c1-4-7-8-9-10-11-13(14)15-12(5-2)6-3/h5-6,12H,2-4,7-11H2,1H3. The Bertz CT molecular complexity index is 189. The molecule has 0 amide bonds. The summed E-state index contributed by atoms with van der Waals surface area (Å²) in [5.41, 5.74) is 0. The number of carbonyl (C=O) groups excluding carboxylic acids is 1. The van der Waals surface area contributed by atoms with Crippen molar-refractivity contribution in [3.63, 3.8) is 0 Å². The largest absolute Gasteiger partial charge is 0.454 e. The highest BCUT2D eigenvalue weighted by Gasteiger charge is 2.06. The van der Waals surface area contributed by atoms with Crippen molar-refractivity contribution in [3.8, 4) is 0 Å². The SMILES string of the molecule is C=CC(C=C)OC(=O)CCCCCCC. The Morgan fingerprint density at radius 1 is 1.20 bits per heavy atom. The van der Waals surface area contributed by atoms with Crippen molar-refractivity contribution in [2.45, 2.75) is 51.6 Å². The van der Waals surface area contributed by atoms with Crippen molar-refractivity contribution < 1.29 is 9.53 Å². The average Bonchev–Trinajstić information content (AvgIpc) is 2.25. The molecule has 86 valence electrons. The highest BCUT2D eigenvalue weighted by molar-refractivity contribution is 5.69. The van der Waals surface area contributed by atoms with Crippen LogP contribution in [0, 0.1) is 0 Å². The predicted octanol–water partition coefficient (Wildman–Crippen LogP) is 3.63. The fourth-order valence-electron chi connectivity index (χ4n) is 1.28. The highest BCUT2D eigenvalue weighted by Crippen LogP contribution is 2.07. The van der Waals surface area contributed by atoms with Gasteiger partial charge in [-0.05, 0) is 18.6 Å². The molecule has 0 radical (unpaired) electrons. The summed E-state index contributed by atoms with van der Waals surface area (Å²) in [5, 5.41) is 0. The van der Waals surface area contributed by atoms with Gasteiger partial charge in [0.2, 0.25) is 0 Å². The molecule has 0 heterocycles. The molecular formula is C13H22O2. The third-order valence-corrected chi connectivity index (χ3v) is 2.22. The number of hydrogen-bond donors (Lipinski definition) is 0. The lowest BCUT2D eigenvalue weighted by Gasteiger charge is -2.09. The topological polar surface area (TPSA) is 26.3 Å². The molecule has 2 nitrogen and oxygen atoms in total. The van der Waals surface area contributed by atoms with Crippen LogP contribution in [0.3, 0.4) is 0 Å². The van der Waals surface area contributed by atoms with Crippen LogP contribution >= 0.6 is 0 Å². The average molecular weight is 210 g/mol. The summed E-state index contributed by atoms with van der Waals surface area (Å²) >= 11 is 0. The monoisotopic (exact) mass is 210 g/mol. The van der Waals surface area contributed by atoms with Gasteiger partial charge in [0.05, 0.1) is 0 Å². The van der Waals surface area contributed by atoms with E-state index in [9.17, 15) is 4.79 Å². The minimum Gasteiger partial charge on any atom is -0.454 e. The lowest BCUT2D eigenvalue weighted by molar-refractivity contribution is -0.145. The summed E-state index contributed by atoms with van der Waals surface area (Å²) < 4.78 is 5.08. The summed E-state index contributed by atoms with van der Waals surface area (Å²) in [6, 6.07) is 0. The second-order valence-corrected chi connectivity index (χ2v) is 3.59. The van der Waals surface area contributed by atoms with Crippen LogP contribution < -0.4 is 0 Å². The van der Waals surface area contributed by atoms with Gasteiger partial charge in [0.15, 0.2) is 0 Å². The van der Waals surface area contributed by atoms with E-state index >= 15 is 0 Å². The number of unbranched alkanes of at least 4 members (excludes halogenated alkanes) is 4. The molecule has 0 aliphatic heterocycles. The molecule has 0 spiro atoms. The zero-order chi connectivity index (χ0) is 11.5. The normalized spacial score (nSPS) is 10.0. The maximum atomic E-state index is 11.3. The Morgan fingerprint density at radius 2 is 1.80 bits per heavy atom. The quantitative estimate of drug-likeness (QED) is 0.330. The minimum absolute atomic E-state index is 0.156. The molecule has 0 aromatic carbocycles. The lowest BCUT2D eigenvalue weighted by atomic mass is 10.1. The molecule has 0 saturated heterocycles. The Labute approximate surface area is 93.0 Å². The fourth-order valence-corrected chi connectivity index (χ4v) is 1.28. The van der Waals surface area contributed by atoms with E-state index in [1.165, 1.54) is 19.3 Å². The van der Waals surface area contributed by atoms with Gasteiger partial charge in [-0.15, -0.1) is 0 Å². The first-order valence-electron chi connectivity index (χ1n) is 5.69. The van der Waals surface area contributed by atoms with E-state index < -0.39 is 0 Å². The molecule has 2 heteroatoms. The number of rotatable bonds is 9. The number of ether oxygens (including phenoxy) is 1. The van der Waals surface area contributed by atoms with Gasteiger partial charge in [-0.25, -0.2) is 0 Å². The first-order chi connectivity index (χ1) is 7.24. The zero-order valence-electron chi connectivity index (χ0n) is 9.71. The summed E-state index contributed by atoms with van der Waals surface area (Å²) in [6.07, 6.45) is 9.00. The van der Waals surface area contributed by atoms with Gasteiger partial charge in [0.25, 0.3) is 0 Å². The molecule has 0 aliphatic rings. The molecule has 0 aromatic heterocycles. The summed E-state index contributed by atoms with van der Waals surface area (Å²) in [4.78, 5) is 11.3. The third-order valence-electron chi connectivity index (χ3n) is 2.22. The fraction of sp³-hybridized carbons (Fsp3) is 0.615. The second kappa shape index (κ2) is 9.50. The van der Waals surface area contributed by atoms with Gasteiger partial charge in [-0.3, -0.25) is 4.79 Å². The highest BCUT2D eigenvalue weighted by atomic mass is 16.5. The van der Waals surface area contributed by atoms with Gasteiger partial charge in [-0.2, -0.15) is 0 Å². The number of carbonyl (C=O) groups is 1. The number of esters is 1. The van der Waals surface area contributed by atoms with Gasteiger partial charge in [-0.1, -0.05) is 45.8 Å². The maximum absolute atomic E-state index is 11.3. The summed E-state index contributed by atoms with van der Waals surface area (Å²) in [7, 11) is 0. The Morgan fingerprint density at radius 3 is 2.33 bits per heavy atom. The van der Waals surface area contributed by atoms with Crippen LogP contribution in [0.2, 0.25) is 0 Å². The molecule has 0 rings (SSSR count). The van der Waals surface area contributed by atoms with Gasteiger partial charge in [0.1, 0.15) is 6.10 Å². The minimum atomic E-state index is -0.340. The predicted molar refractivity (Wildman–Crippen MR) is 63.7 cm³/mol. The molecule has 0 bridgehead atoms. The van der Waals surface area contributed by atoms with E-state index in [4.69, 9.17) is 4.74 Å². The van der Waals surface area contributed by atoms with Crippen molar-refractivity contribution in [1.29, 1.82) is 0 Å². The molecule has 0 unspecified atom stereocenters. The molecule has 0 aliphatic carbocycles. The van der Waals surface area contributed by atoms with Crippen LogP contribution in [0.15, 0.2) is 25.3 Å². The van der Waals surface area contributed by atoms with Gasteiger partial charge < -0.3 is 4.74 Å². The van der Waals surface area contributed by atoms with E-state index in [0.29, 0.717) is 6.42 Å². The third kappa shape index (κ3) is 7.98. The van der Waals surface area contributed by atoms with E-state index in [2.05, 4.69) is 20.1 Å². The van der Waals surface area contributed by atoms with Crippen molar-refractivity contribution in [3.05, 3.63) is 25.3 Å². The summed E-state index contributed by atoms with van der Waals surface area (Å²) in [5.74, 6) is -0.156. The van der Waals surface area contributed by atoms with E-state index in [0.717, 1.165) is 12.8 Å². The van der Waals surface area contributed by atoms with Crippen LogP contribution in [0.25, 0.3) is 0 Å². The van der Waals surface area contributed by atoms with Crippen LogP contribution in [-0.4, -0.2) is 12.1 Å². The molecule has 0 saturated carbocycles. The van der Waals surface area contributed by atoms with Gasteiger partial charge >= 0.3 is 5.97 Å². The van der Waals surface area contributed by atoms with Gasteiger partial charge in [0, 0.05) is 6.42 Å². The van der Waals surface area contributed by atoms with E-state index in [1.54, 1.807) is 12.2 Å². The Balaban J connectivity index is 3.48. The van der Waals surface area contributed by atoms with Crippen LogP contribution in [0.4, 0.5) is 0 Å². The Kier molecular flexibility index (Phi) is 8.84. The molecular weight excluding hydrogens is 188 g/mol. The van der Waals surface area contributed by atoms with Crippen molar-refractivity contribution in [1.82, 2.24) is 0 Å². The van der Waals surface area contributed by atoms with E-state index in [1.807, 2.05) is 0 Å². The zero-order valence-corrected chi connectivity index (χ0v) is 9.71. The molecule has 15 heavy (non-hydrogen) atoms. The first kappa shape index (κ1) is 13.9. The van der Waals surface area contributed by atoms with Crippen LogP contribution in [0.5, 0.6) is 0 Å². The van der Waals surface area contributed by atoms with Crippen molar-refractivity contribution >= 4 is 5.97 Å². The maximum Gasteiger partial charge on any atom is 0.306 e. The first-order valence-corrected chi connectivity index (χ1v) is 5.69. The van der Waals surface area contributed by atoms with Crippen molar-refractivity contribution in [2.24, 2.45) is 0 Å². The molecule has 0 N–H and O–H groups in total. The second-order valence-electron chi connectivity index (χ2n) is 3.59. The van der Waals surface area contributed by atoms with E-state index in [-0.39, 0.29) is 12.1 Å². The Hall–Kier alpha value is -1.05. The molecule has 0 atom stereocenters. The van der Waals surface area contributed by atoms with Crippen LogP contribution in [0.1, 0.15) is 45.4 Å². The smallest absolute Gasteiger partial charge is 0.306 e. The summed E-state index contributed by atoms with van der Waals surface area (Å²) in [6.45, 7) is 9.29. The van der Waals surface area contributed by atoms with Crippen molar-refractivity contribution in [2.75, 3.05) is 0 Å². The van der Waals surface area contributed by atoms with Crippen LogP contribution in [-0.2, 0) is 9.53 Å². The lowest BCUT2D eigenvalue weighted by Crippen LogP contribution is -2.12. The number of hydrogen-bond acceptors (Lipinski definition) is 2. The molecule has 0 fully saturated rings.